The van der Waals surface area contributed by atoms with Crippen molar-refractivity contribution in [2.45, 2.75) is 58.4 Å². The van der Waals surface area contributed by atoms with Crippen molar-refractivity contribution < 1.29 is 14.4 Å². The predicted octanol–water partition coefficient (Wildman–Crippen LogP) is 3.98. The first-order valence-corrected chi connectivity index (χ1v) is 9.76. The minimum absolute atomic E-state index is 0.296. The van der Waals surface area contributed by atoms with Crippen molar-refractivity contribution in [1.82, 2.24) is 10.2 Å². The highest BCUT2D eigenvalue weighted by molar-refractivity contribution is 9.10. The molecular formula is C19H26BrN3O3. The molecule has 0 saturated carbocycles. The van der Waals surface area contributed by atoms with Crippen LogP contribution in [-0.2, 0) is 9.59 Å². The van der Waals surface area contributed by atoms with E-state index in [0.29, 0.717) is 12.1 Å². The number of carbonyl (C=O) groups excluding carboxylic acids is 3. The minimum atomic E-state index is -0.921. The summed E-state index contributed by atoms with van der Waals surface area (Å²) in [5.41, 5.74) is 0.744. The Morgan fingerprint density at radius 1 is 1.27 bits per heavy atom. The molecule has 2 rings (SSSR count). The normalized spacial score (nSPS) is 19.6. The molecule has 1 saturated heterocycles. The Kier molecular flexibility index (Phi) is 6.81. The summed E-state index contributed by atoms with van der Waals surface area (Å²) in [4.78, 5) is 38.1. The van der Waals surface area contributed by atoms with E-state index in [-0.39, 0.29) is 12.5 Å². The molecule has 0 spiro atoms. The lowest BCUT2D eigenvalue weighted by Gasteiger charge is -2.21. The van der Waals surface area contributed by atoms with Crippen molar-refractivity contribution in [3.63, 3.8) is 0 Å². The number of nitrogens with one attached hydrogen (secondary N) is 2. The third kappa shape index (κ3) is 4.84. The number of aryl methyl sites for hydroxylation is 1. The lowest BCUT2D eigenvalue weighted by Crippen LogP contribution is -2.44. The average Bonchev–Trinajstić information content (AvgIpc) is 2.78. The summed E-state index contributed by atoms with van der Waals surface area (Å²) in [5, 5.41) is 5.48. The lowest BCUT2D eigenvalue weighted by atomic mass is 9.94. The third-order valence-corrected chi connectivity index (χ3v) is 5.23. The van der Waals surface area contributed by atoms with Crippen LogP contribution in [0.25, 0.3) is 0 Å². The fourth-order valence-corrected chi connectivity index (χ4v) is 3.61. The Morgan fingerprint density at radius 2 is 2.00 bits per heavy atom. The van der Waals surface area contributed by atoms with Gasteiger partial charge in [-0.25, -0.2) is 4.79 Å². The van der Waals surface area contributed by atoms with Crippen LogP contribution in [0.5, 0.6) is 0 Å². The van der Waals surface area contributed by atoms with Crippen LogP contribution in [0, 0.1) is 6.92 Å². The molecule has 1 aromatic rings. The van der Waals surface area contributed by atoms with E-state index in [2.05, 4.69) is 33.5 Å². The zero-order valence-electron chi connectivity index (χ0n) is 15.5. The molecule has 6 nitrogen and oxygen atoms in total. The van der Waals surface area contributed by atoms with Gasteiger partial charge in [0.05, 0.1) is 5.69 Å². The zero-order chi connectivity index (χ0) is 19.3. The van der Waals surface area contributed by atoms with Gasteiger partial charge in [0.1, 0.15) is 12.1 Å². The summed E-state index contributed by atoms with van der Waals surface area (Å²) < 4.78 is 0.754. The molecule has 1 heterocycles. The topological polar surface area (TPSA) is 78.5 Å². The number of nitrogens with zero attached hydrogens (tertiary/aromatic N) is 1. The van der Waals surface area contributed by atoms with E-state index in [9.17, 15) is 14.4 Å². The number of halogens is 1. The summed E-state index contributed by atoms with van der Waals surface area (Å²) >= 11 is 3.40. The number of rotatable bonds is 8. The average molecular weight is 424 g/mol. The van der Waals surface area contributed by atoms with Gasteiger partial charge < -0.3 is 10.6 Å². The molecular weight excluding hydrogens is 398 g/mol. The number of unbranched alkanes of at least 4 members (excludes halogenated alkanes) is 3. The van der Waals surface area contributed by atoms with E-state index in [0.717, 1.165) is 40.6 Å². The molecule has 0 radical (unpaired) electrons. The molecule has 0 aromatic heterocycles. The van der Waals surface area contributed by atoms with Crippen molar-refractivity contribution in [2.24, 2.45) is 0 Å². The fourth-order valence-electron chi connectivity index (χ4n) is 3.02. The molecule has 4 amide bonds. The molecule has 142 valence electrons. The molecule has 1 fully saturated rings. The van der Waals surface area contributed by atoms with Crippen molar-refractivity contribution in [2.75, 3.05) is 11.9 Å². The van der Waals surface area contributed by atoms with Crippen molar-refractivity contribution in [3.05, 3.63) is 28.2 Å². The summed E-state index contributed by atoms with van der Waals surface area (Å²) in [6.07, 6.45) is 4.69. The second-order valence-corrected chi connectivity index (χ2v) is 7.85. The Balaban J connectivity index is 1.97. The van der Waals surface area contributed by atoms with Gasteiger partial charge in [-0.1, -0.05) is 38.7 Å². The van der Waals surface area contributed by atoms with Crippen molar-refractivity contribution in [1.29, 1.82) is 0 Å². The van der Waals surface area contributed by atoms with E-state index < -0.39 is 17.5 Å². The van der Waals surface area contributed by atoms with Crippen molar-refractivity contribution in [3.8, 4) is 0 Å². The maximum absolute atomic E-state index is 12.7. The van der Waals surface area contributed by atoms with Gasteiger partial charge in [0.15, 0.2) is 0 Å². The number of hydrogen-bond donors (Lipinski definition) is 2. The van der Waals surface area contributed by atoms with E-state index in [1.54, 1.807) is 13.0 Å². The number of carbonyl (C=O) groups is 3. The Labute approximate surface area is 162 Å². The highest BCUT2D eigenvalue weighted by atomic mass is 79.9. The van der Waals surface area contributed by atoms with E-state index in [1.165, 1.54) is 0 Å². The number of amides is 4. The van der Waals surface area contributed by atoms with Gasteiger partial charge in [-0.2, -0.15) is 0 Å². The fraction of sp³-hybridized carbons (Fsp3) is 0.526. The maximum atomic E-state index is 12.7. The minimum Gasteiger partial charge on any atom is -0.323 e. The Hall–Kier alpha value is -1.89. The predicted molar refractivity (Wildman–Crippen MR) is 105 cm³/mol. The first-order chi connectivity index (χ1) is 12.3. The van der Waals surface area contributed by atoms with Gasteiger partial charge in [-0.3, -0.25) is 14.5 Å². The van der Waals surface area contributed by atoms with Gasteiger partial charge in [-0.15, -0.1) is 0 Å². The number of benzene rings is 1. The van der Waals surface area contributed by atoms with E-state index >= 15 is 0 Å². The standard InChI is InChI=1S/C19H26BrN3O3/c1-4-5-6-7-10-19(3)17(25)23(18(26)22-19)12-16(24)21-15-9-8-13(2)11-14(15)20/h8-9,11H,4-7,10,12H2,1-3H3,(H,21,24)(H,22,26)/t19-/m1/s1. The second kappa shape index (κ2) is 8.66. The Morgan fingerprint density at radius 3 is 2.65 bits per heavy atom. The van der Waals surface area contributed by atoms with Crippen molar-refractivity contribution >= 4 is 39.5 Å². The molecule has 26 heavy (non-hydrogen) atoms. The summed E-state index contributed by atoms with van der Waals surface area (Å²) in [7, 11) is 0. The van der Waals surface area contributed by atoms with Gasteiger partial charge in [-0.05, 0) is 53.9 Å². The largest absolute Gasteiger partial charge is 0.325 e. The highest BCUT2D eigenvalue weighted by Crippen LogP contribution is 2.25. The SMILES string of the molecule is CCCCCC[C@@]1(C)NC(=O)N(CC(=O)Nc2ccc(C)cc2Br)C1=O. The molecule has 1 aromatic carbocycles. The lowest BCUT2D eigenvalue weighted by molar-refractivity contribution is -0.133. The number of anilines is 1. The quantitative estimate of drug-likeness (QED) is 0.490. The van der Waals surface area contributed by atoms with Crippen LogP contribution in [0.1, 0.15) is 51.5 Å². The first-order valence-electron chi connectivity index (χ1n) is 8.97. The van der Waals surface area contributed by atoms with Gasteiger partial charge in [0, 0.05) is 4.47 Å². The van der Waals surface area contributed by atoms with Gasteiger partial charge in [0.2, 0.25) is 5.91 Å². The molecule has 1 aliphatic heterocycles. The molecule has 1 atom stereocenters. The molecule has 0 unspecified atom stereocenters. The molecule has 2 N–H and O–H groups in total. The number of urea groups is 1. The van der Waals surface area contributed by atoms with Crippen LogP contribution in [0.4, 0.5) is 10.5 Å². The highest BCUT2D eigenvalue weighted by Gasteiger charge is 2.47. The summed E-state index contributed by atoms with van der Waals surface area (Å²) in [6.45, 7) is 5.51. The van der Waals surface area contributed by atoms with Crippen LogP contribution in [0.2, 0.25) is 0 Å². The van der Waals surface area contributed by atoms with Gasteiger partial charge >= 0.3 is 6.03 Å². The van der Waals surface area contributed by atoms with Crippen LogP contribution in [0.15, 0.2) is 22.7 Å². The molecule has 1 aliphatic rings. The molecule has 0 aliphatic carbocycles. The summed E-state index contributed by atoms with van der Waals surface area (Å²) in [6, 6.07) is 5.03. The monoisotopic (exact) mass is 423 g/mol. The zero-order valence-corrected chi connectivity index (χ0v) is 17.1. The number of hydrogen-bond acceptors (Lipinski definition) is 3. The van der Waals surface area contributed by atoms with Crippen LogP contribution >= 0.6 is 15.9 Å². The third-order valence-electron chi connectivity index (χ3n) is 4.58. The van der Waals surface area contributed by atoms with Gasteiger partial charge in [0.25, 0.3) is 5.91 Å². The van der Waals surface area contributed by atoms with Crippen LogP contribution in [-0.4, -0.2) is 34.8 Å². The van der Waals surface area contributed by atoms with E-state index in [1.807, 2.05) is 19.1 Å². The first kappa shape index (κ1) is 20.4. The maximum Gasteiger partial charge on any atom is 0.325 e. The summed E-state index contributed by atoms with van der Waals surface area (Å²) in [5.74, 6) is -0.745. The second-order valence-electron chi connectivity index (χ2n) is 7.00. The molecule has 7 heteroatoms. The van der Waals surface area contributed by atoms with Crippen LogP contribution in [0.3, 0.4) is 0 Å². The van der Waals surface area contributed by atoms with Crippen LogP contribution < -0.4 is 10.6 Å². The smallest absolute Gasteiger partial charge is 0.323 e. The number of imide groups is 1. The Bertz CT molecular complexity index is 707. The molecule has 0 bridgehead atoms. The van der Waals surface area contributed by atoms with E-state index in [4.69, 9.17) is 0 Å².